The van der Waals surface area contributed by atoms with Crippen LogP contribution in [0.15, 0.2) is 70.6 Å². The van der Waals surface area contributed by atoms with Gasteiger partial charge in [0.25, 0.3) is 10.0 Å². The molecule has 0 atom stereocenters. The topological polar surface area (TPSA) is 76.9 Å². The first-order valence-electron chi connectivity index (χ1n) is 6.73. The number of nitrogens with one attached hydrogen (secondary N) is 1. The monoisotopic (exact) mass is 392 g/mol. The molecule has 3 aromatic rings. The maximum absolute atomic E-state index is 12.3. The number of hydrogen-bond donors (Lipinski definition) is 1. The number of rotatable bonds is 5. The summed E-state index contributed by atoms with van der Waals surface area (Å²) in [6, 6.07) is 13.6. The average molecular weight is 393 g/mol. The highest BCUT2D eigenvalue weighted by Crippen LogP contribution is 2.19. The summed E-state index contributed by atoms with van der Waals surface area (Å²) in [6.45, 7) is 0.583. The predicted molar refractivity (Wildman–Crippen MR) is 90.5 cm³/mol. The molecule has 0 spiro atoms. The highest BCUT2D eigenvalue weighted by molar-refractivity contribution is 9.10. The summed E-state index contributed by atoms with van der Waals surface area (Å²) in [6.07, 6.45) is 3.10. The first kappa shape index (κ1) is 15.7. The van der Waals surface area contributed by atoms with Crippen LogP contribution in [0.2, 0.25) is 0 Å². The standard InChI is InChI=1S/C15H13BrN4O2S/c16-13-3-7-15(8-4-13)23(21,22)19-14-5-1-12(2-6-14)9-20-11-17-10-18-20/h1-8,10-11,19H,9H2. The number of nitrogens with zero attached hydrogens (tertiary/aromatic N) is 3. The second kappa shape index (κ2) is 6.51. The fourth-order valence-corrected chi connectivity index (χ4v) is 3.33. The molecule has 1 N–H and O–H groups in total. The van der Waals surface area contributed by atoms with Crippen LogP contribution in [-0.4, -0.2) is 23.2 Å². The number of halogens is 1. The largest absolute Gasteiger partial charge is 0.280 e. The Morgan fingerprint density at radius 3 is 2.35 bits per heavy atom. The van der Waals surface area contributed by atoms with Gasteiger partial charge in [-0.2, -0.15) is 5.10 Å². The minimum atomic E-state index is -3.59. The molecule has 0 aliphatic rings. The van der Waals surface area contributed by atoms with Crippen molar-refractivity contribution in [3.05, 3.63) is 71.2 Å². The molecule has 3 rings (SSSR count). The molecule has 1 heterocycles. The van der Waals surface area contributed by atoms with Crippen LogP contribution in [0, 0.1) is 0 Å². The Balaban J connectivity index is 1.73. The zero-order valence-electron chi connectivity index (χ0n) is 11.9. The molecule has 0 saturated heterocycles. The fourth-order valence-electron chi connectivity index (χ4n) is 2.01. The quantitative estimate of drug-likeness (QED) is 0.723. The molecule has 0 amide bonds. The van der Waals surface area contributed by atoms with E-state index in [-0.39, 0.29) is 4.90 Å². The maximum Gasteiger partial charge on any atom is 0.261 e. The molecular formula is C15H13BrN4O2S. The van der Waals surface area contributed by atoms with Gasteiger partial charge in [-0.05, 0) is 42.0 Å². The molecule has 0 bridgehead atoms. The summed E-state index contributed by atoms with van der Waals surface area (Å²) in [5, 5.41) is 4.03. The van der Waals surface area contributed by atoms with Crippen LogP contribution < -0.4 is 4.72 Å². The number of sulfonamides is 1. The molecule has 23 heavy (non-hydrogen) atoms. The number of benzene rings is 2. The van der Waals surface area contributed by atoms with Gasteiger partial charge < -0.3 is 0 Å². The lowest BCUT2D eigenvalue weighted by molar-refractivity contribution is 0.601. The minimum Gasteiger partial charge on any atom is -0.280 e. The second-order valence-electron chi connectivity index (χ2n) is 4.85. The van der Waals surface area contributed by atoms with E-state index in [1.54, 1.807) is 47.4 Å². The van der Waals surface area contributed by atoms with Gasteiger partial charge in [-0.3, -0.25) is 4.72 Å². The third-order valence-corrected chi connectivity index (χ3v) is 5.07. The molecule has 8 heteroatoms. The highest BCUT2D eigenvalue weighted by Gasteiger charge is 2.13. The van der Waals surface area contributed by atoms with Crippen molar-refractivity contribution in [3.63, 3.8) is 0 Å². The Hall–Kier alpha value is -2.19. The Morgan fingerprint density at radius 1 is 1.04 bits per heavy atom. The van der Waals surface area contributed by atoms with Crippen molar-refractivity contribution in [1.82, 2.24) is 14.8 Å². The van der Waals surface area contributed by atoms with E-state index in [2.05, 4.69) is 30.7 Å². The van der Waals surface area contributed by atoms with Gasteiger partial charge >= 0.3 is 0 Å². The third kappa shape index (κ3) is 3.96. The first-order valence-corrected chi connectivity index (χ1v) is 9.00. The molecule has 0 aliphatic heterocycles. The number of anilines is 1. The highest BCUT2D eigenvalue weighted by atomic mass is 79.9. The molecule has 0 aliphatic carbocycles. The Labute approximate surface area is 142 Å². The summed E-state index contributed by atoms with van der Waals surface area (Å²) in [5.74, 6) is 0. The van der Waals surface area contributed by atoms with Gasteiger partial charge in [0.2, 0.25) is 0 Å². The summed E-state index contributed by atoms with van der Waals surface area (Å²) in [4.78, 5) is 4.10. The first-order chi connectivity index (χ1) is 11.0. The van der Waals surface area contributed by atoms with Crippen LogP contribution >= 0.6 is 15.9 Å². The lowest BCUT2D eigenvalue weighted by atomic mass is 10.2. The van der Waals surface area contributed by atoms with E-state index in [1.165, 1.54) is 6.33 Å². The van der Waals surface area contributed by atoms with E-state index >= 15 is 0 Å². The molecule has 1 aromatic heterocycles. The smallest absolute Gasteiger partial charge is 0.261 e. The van der Waals surface area contributed by atoms with Crippen molar-refractivity contribution < 1.29 is 8.42 Å². The second-order valence-corrected chi connectivity index (χ2v) is 7.45. The van der Waals surface area contributed by atoms with Crippen molar-refractivity contribution >= 4 is 31.6 Å². The van der Waals surface area contributed by atoms with Crippen molar-refractivity contribution in [3.8, 4) is 0 Å². The van der Waals surface area contributed by atoms with Crippen LogP contribution in [0.5, 0.6) is 0 Å². The Morgan fingerprint density at radius 2 is 1.74 bits per heavy atom. The van der Waals surface area contributed by atoms with Gasteiger partial charge in [0.15, 0.2) is 0 Å². The zero-order chi connectivity index (χ0) is 16.3. The van der Waals surface area contributed by atoms with Crippen LogP contribution in [0.1, 0.15) is 5.56 Å². The summed E-state index contributed by atoms with van der Waals surface area (Å²) < 4.78 is 29.7. The predicted octanol–water partition coefficient (Wildman–Crippen LogP) is 2.89. The summed E-state index contributed by atoms with van der Waals surface area (Å²) in [7, 11) is -3.59. The molecule has 0 fully saturated rings. The zero-order valence-corrected chi connectivity index (χ0v) is 14.3. The van der Waals surface area contributed by atoms with E-state index in [9.17, 15) is 8.42 Å². The van der Waals surface area contributed by atoms with Crippen molar-refractivity contribution in [1.29, 1.82) is 0 Å². The van der Waals surface area contributed by atoms with Crippen molar-refractivity contribution in [2.45, 2.75) is 11.4 Å². The van der Waals surface area contributed by atoms with E-state index < -0.39 is 10.0 Å². The Kier molecular flexibility index (Phi) is 4.44. The van der Waals surface area contributed by atoms with Gasteiger partial charge in [-0.15, -0.1) is 0 Å². The molecule has 6 nitrogen and oxygen atoms in total. The van der Waals surface area contributed by atoms with Crippen LogP contribution in [0.25, 0.3) is 0 Å². The Bertz CT molecular complexity index is 876. The van der Waals surface area contributed by atoms with Gasteiger partial charge in [0, 0.05) is 10.2 Å². The molecule has 2 aromatic carbocycles. The normalized spacial score (nSPS) is 11.3. The van der Waals surface area contributed by atoms with E-state index in [0.29, 0.717) is 12.2 Å². The number of hydrogen-bond acceptors (Lipinski definition) is 4. The lowest BCUT2D eigenvalue weighted by Gasteiger charge is -2.09. The van der Waals surface area contributed by atoms with Gasteiger partial charge in [-0.1, -0.05) is 28.1 Å². The van der Waals surface area contributed by atoms with E-state index in [1.807, 2.05) is 12.1 Å². The minimum absolute atomic E-state index is 0.215. The molecule has 118 valence electrons. The summed E-state index contributed by atoms with van der Waals surface area (Å²) >= 11 is 3.28. The van der Waals surface area contributed by atoms with Gasteiger partial charge in [-0.25, -0.2) is 18.1 Å². The summed E-state index contributed by atoms with van der Waals surface area (Å²) in [5.41, 5.74) is 1.51. The van der Waals surface area contributed by atoms with Gasteiger partial charge in [0.05, 0.1) is 11.4 Å². The fraction of sp³-hybridized carbons (Fsp3) is 0.0667. The lowest BCUT2D eigenvalue weighted by Crippen LogP contribution is -2.12. The molecule has 0 radical (unpaired) electrons. The number of aromatic nitrogens is 3. The molecular weight excluding hydrogens is 380 g/mol. The van der Waals surface area contributed by atoms with Crippen LogP contribution in [0.3, 0.4) is 0 Å². The van der Waals surface area contributed by atoms with E-state index in [4.69, 9.17) is 0 Å². The van der Waals surface area contributed by atoms with Crippen molar-refractivity contribution in [2.24, 2.45) is 0 Å². The molecule has 0 unspecified atom stereocenters. The van der Waals surface area contributed by atoms with Crippen LogP contribution in [-0.2, 0) is 16.6 Å². The average Bonchev–Trinajstić information content (AvgIpc) is 3.02. The van der Waals surface area contributed by atoms with Gasteiger partial charge in [0.1, 0.15) is 12.7 Å². The molecule has 0 saturated carbocycles. The van der Waals surface area contributed by atoms with Crippen LogP contribution in [0.4, 0.5) is 5.69 Å². The van der Waals surface area contributed by atoms with Crippen molar-refractivity contribution in [2.75, 3.05) is 4.72 Å². The third-order valence-electron chi connectivity index (χ3n) is 3.14. The van der Waals surface area contributed by atoms with E-state index in [0.717, 1.165) is 10.0 Å². The SMILES string of the molecule is O=S(=O)(Nc1ccc(Cn2cncn2)cc1)c1ccc(Br)cc1. The maximum atomic E-state index is 12.3.